The number of benzene rings is 2. The maximum atomic E-state index is 10.8. The molecule has 3 rings (SSSR count). The van der Waals surface area contributed by atoms with Crippen LogP contribution < -0.4 is 4.80 Å². The van der Waals surface area contributed by atoms with E-state index in [1.807, 2.05) is 42.6 Å². The maximum absolute atomic E-state index is 10.8. The minimum Gasteiger partial charge on any atom is -0.313 e. The van der Waals surface area contributed by atoms with E-state index in [1.54, 1.807) is 12.1 Å². The molecule has 0 N–H and O–H groups in total. The van der Waals surface area contributed by atoms with E-state index in [4.69, 9.17) is 4.99 Å². The Morgan fingerprint density at radius 3 is 2.60 bits per heavy atom. The second-order valence-corrected chi connectivity index (χ2v) is 6.34. The number of hydrogen-bond acceptors (Lipinski definition) is 4. The van der Waals surface area contributed by atoms with Crippen molar-refractivity contribution in [1.82, 2.24) is 4.57 Å². The maximum Gasteiger partial charge on any atom is 0.269 e. The lowest BCUT2D eigenvalue weighted by atomic mass is 10.1. The third kappa shape index (κ3) is 3.59. The summed E-state index contributed by atoms with van der Waals surface area (Å²) in [5, 5.41) is 12.8. The molecule has 3 aromatic rings. The van der Waals surface area contributed by atoms with Crippen molar-refractivity contribution in [2.75, 3.05) is 0 Å². The second-order valence-electron chi connectivity index (χ2n) is 5.51. The van der Waals surface area contributed by atoms with Crippen molar-refractivity contribution >= 4 is 22.7 Å². The topological polar surface area (TPSA) is 60.4 Å². The number of para-hydroxylation sites is 1. The number of aryl methyl sites for hydroxylation is 1. The molecule has 0 bridgehead atoms. The summed E-state index contributed by atoms with van der Waals surface area (Å²) in [5.41, 5.74) is 4.00. The molecule has 1 heterocycles. The van der Waals surface area contributed by atoms with Gasteiger partial charge in [-0.25, -0.2) is 4.99 Å². The molecule has 6 heteroatoms. The fraction of sp³-hybridized carbons (Fsp3) is 0.105. The van der Waals surface area contributed by atoms with Crippen molar-refractivity contribution in [2.24, 2.45) is 4.99 Å². The summed E-state index contributed by atoms with van der Waals surface area (Å²) in [7, 11) is 0. The molecule has 0 aliphatic heterocycles. The van der Waals surface area contributed by atoms with Gasteiger partial charge in [-0.3, -0.25) is 10.1 Å². The lowest BCUT2D eigenvalue weighted by Gasteiger charge is -2.07. The van der Waals surface area contributed by atoms with Gasteiger partial charge < -0.3 is 4.57 Å². The van der Waals surface area contributed by atoms with Gasteiger partial charge >= 0.3 is 0 Å². The summed E-state index contributed by atoms with van der Waals surface area (Å²) in [6.45, 7) is 6.47. The molecule has 0 saturated heterocycles. The van der Waals surface area contributed by atoms with Crippen LogP contribution in [-0.4, -0.2) is 9.49 Å². The van der Waals surface area contributed by atoms with E-state index < -0.39 is 4.92 Å². The Hall–Kier alpha value is -2.99. The average molecular weight is 351 g/mol. The van der Waals surface area contributed by atoms with Crippen LogP contribution in [0.5, 0.6) is 0 Å². The summed E-state index contributed by atoms with van der Waals surface area (Å²) in [6.07, 6.45) is 1.82. The summed E-state index contributed by atoms with van der Waals surface area (Å²) >= 11 is 1.54. The van der Waals surface area contributed by atoms with Gasteiger partial charge in [-0.05, 0) is 36.2 Å². The molecule has 0 spiro atoms. The Kier molecular flexibility index (Phi) is 4.90. The van der Waals surface area contributed by atoms with E-state index in [9.17, 15) is 10.1 Å². The highest BCUT2D eigenvalue weighted by atomic mass is 32.1. The molecule has 0 fully saturated rings. The number of non-ortho nitro benzene ring substituents is 1. The van der Waals surface area contributed by atoms with Crippen LogP contribution in [0.3, 0.4) is 0 Å². The molecule has 0 atom stereocenters. The van der Waals surface area contributed by atoms with E-state index in [-0.39, 0.29) is 5.69 Å². The fourth-order valence-corrected chi connectivity index (χ4v) is 3.43. The van der Waals surface area contributed by atoms with Crippen LogP contribution in [0.1, 0.15) is 5.56 Å². The third-order valence-electron chi connectivity index (χ3n) is 3.81. The molecule has 0 amide bonds. The number of allylic oxidation sites excluding steroid dienone is 1. The van der Waals surface area contributed by atoms with Gasteiger partial charge in [-0.1, -0.05) is 24.3 Å². The Labute approximate surface area is 149 Å². The first-order valence-corrected chi connectivity index (χ1v) is 8.62. The van der Waals surface area contributed by atoms with Gasteiger partial charge in [-0.15, -0.1) is 17.9 Å². The first-order chi connectivity index (χ1) is 12.1. The average Bonchev–Trinajstić information content (AvgIpc) is 3.00. The summed E-state index contributed by atoms with van der Waals surface area (Å²) in [4.78, 5) is 16.1. The normalized spacial score (nSPS) is 11.5. The minimum atomic E-state index is -0.395. The number of thiazole rings is 1. The predicted octanol–water partition coefficient (Wildman–Crippen LogP) is 4.85. The van der Waals surface area contributed by atoms with Gasteiger partial charge in [0.25, 0.3) is 5.69 Å². The molecule has 0 aliphatic rings. The molecule has 2 aromatic carbocycles. The summed E-state index contributed by atoms with van der Waals surface area (Å²) in [6, 6.07) is 14.5. The SMILES string of the molecule is C=CCn1c(-c2ccc([N+](=O)[O-])cc2)csc1=Nc1ccccc1C. The number of nitro benzene ring substituents is 1. The van der Waals surface area contributed by atoms with E-state index in [1.165, 1.54) is 23.5 Å². The van der Waals surface area contributed by atoms with E-state index >= 15 is 0 Å². The molecule has 0 aliphatic carbocycles. The zero-order chi connectivity index (χ0) is 17.8. The quantitative estimate of drug-likeness (QED) is 0.375. The minimum absolute atomic E-state index is 0.0825. The highest BCUT2D eigenvalue weighted by Gasteiger charge is 2.10. The standard InChI is InChI=1S/C19H17N3O2S/c1-3-12-21-18(15-8-10-16(11-9-15)22(23)24)13-25-19(21)20-17-7-5-4-6-14(17)2/h3-11,13H,1,12H2,2H3. The summed E-state index contributed by atoms with van der Waals surface area (Å²) in [5.74, 6) is 0. The van der Waals surface area contributed by atoms with Crippen molar-refractivity contribution in [3.63, 3.8) is 0 Å². The first-order valence-electron chi connectivity index (χ1n) is 7.74. The monoisotopic (exact) mass is 351 g/mol. The molecule has 126 valence electrons. The number of nitro groups is 1. The Morgan fingerprint density at radius 2 is 1.96 bits per heavy atom. The van der Waals surface area contributed by atoms with Gasteiger partial charge in [0.05, 0.1) is 16.3 Å². The zero-order valence-electron chi connectivity index (χ0n) is 13.8. The van der Waals surface area contributed by atoms with Crippen molar-refractivity contribution in [3.05, 3.63) is 87.0 Å². The third-order valence-corrected chi connectivity index (χ3v) is 4.68. The van der Waals surface area contributed by atoms with Crippen LogP contribution in [0, 0.1) is 17.0 Å². The van der Waals surface area contributed by atoms with Crippen LogP contribution in [0.4, 0.5) is 11.4 Å². The highest BCUT2D eigenvalue weighted by Crippen LogP contribution is 2.24. The number of hydrogen-bond donors (Lipinski definition) is 0. The van der Waals surface area contributed by atoms with Gasteiger partial charge in [-0.2, -0.15) is 0 Å². The summed E-state index contributed by atoms with van der Waals surface area (Å²) < 4.78 is 2.06. The van der Waals surface area contributed by atoms with E-state index in [0.717, 1.165) is 27.3 Å². The lowest BCUT2D eigenvalue weighted by Crippen LogP contribution is -2.14. The molecule has 0 saturated carbocycles. The number of rotatable bonds is 5. The number of nitrogens with zero attached hydrogens (tertiary/aromatic N) is 3. The zero-order valence-corrected chi connectivity index (χ0v) is 14.6. The lowest BCUT2D eigenvalue weighted by molar-refractivity contribution is -0.384. The molecule has 0 unspecified atom stereocenters. The Balaban J connectivity index is 2.10. The van der Waals surface area contributed by atoms with Crippen molar-refractivity contribution in [3.8, 4) is 11.3 Å². The second kappa shape index (κ2) is 7.27. The van der Waals surface area contributed by atoms with Gasteiger partial charge in [0.1, 0.15) is 0 Å². The van der Waals surface area contributed by atoms with E-state index in [0.29, 0.717) is 6.54 Å². The Bertz CT molecular complexity index is 984. The van der Waals surface area contributed by atoms with E-state index in [2.05, 4.69) is 11.1 Å². The van der Waals surface area contributed by atoms with Crippen molar-refractivity contribution in [2.45, 2.75) is 13.5 Å². The molecule has 25 heavy (non-hydrogen) atoms. The van der Waals surface area contributed by atoms with Gasteiger partial charge in [0.15, 0.2) is 4.80 Å². The molecule has 5 nitrogen and oxygen atoms in total. The fourth-order valence-electron chi connectivity index (χ4n) is 2.50. The molecular formula is C19H17N3O2S. The first kappa shape index (κ1) is 16.9. The highest BCUT2D eigenvalue weighted by molar-refractivity contribution is 7.07. The molecule has 1 aromatic heterocycles. The molecule has 0 radical (unpaired) electrons. The van der Waals surface area contributed by atoms with Crippen LogP contribution in [0.2, 0.25) is 0 Å². The predicted molar refractivity (Wildman–Crippen MR) is 101 cm³/mol. The van der Waals surface area contributed by atoms with Crippen LogP contribution in [-0.2, 0) is 6.54 Å². The smallest absolute Gasteiger partial charge is 0.269 e. The van der Waals surface area contributed by atoms with Crippen molar-refractivity contribution in [1.29, 1.82) is 0 Å². The van der Waals surface area contributed by atoms with Crippen LogP contribution in [0.15, 0.2) is 71.6 Å². The van der Waals surface area contributed by atoms with Gasteiger partial charge in [0.2, 0.25) is 0 Å². The molecular weight excluding hydrogens is 334 g/mol. The van der Waals surface area contributed by atoms with Crippen LogP contribution in [0.25, 0.3) is 11.3 Å². The van der Waals surface area contributed by atoms with Crippen molar-refractivity contribution < 1.29 is 4.92 Å². The largest absolute Gasteiger partial charge is 0.313 e. The van der Waals surface area contributed by atoms with Crippen LogP contribution >= 0.6 is 11.3 Å². The Morgan fingerprint density at radius 1 is 1.24 bits per heavy atom. The van der Waals surface area contributed by atoms with Gasteiger partial charge in [0, 0.05) is 24.1 Å². The number of aromatic nitrogens is 1.